The van der Waals surface area contributed by atoms with Crippen LogP contribution in [0.4, 0.5) is 0 Å². The molecule has 0 aliphatic heterocycles. The highest BCUT2D eigenvalue weighted by Gasteiger charge is 2.05. The monoisotopic (exact) mass is 285 g/mol. The van der Waals surface area contributed by atoms with E-state index in [1.807, 2.05) is 17.5 Å². The minimum atomic E-state index is 0.909. The van der Waals surface area contributed by atoms with Crippen LogP contribution in [0.3, 0.4) is 0 Å². The van der Waals surface area contributed by atoms with Gasteiger partial charge in [0.2, 0.25) is 0 Å². The van der Waals surface area contributed by atoms with E-state index in [9.17, 15) is 0 Å². The van der Waals surface area contributed by atoms with Gasteiger partial charge in [0.25, 0.3) is 0 Å². The number of aryl methyl sites for hydroxylation is 2. The Kier molecular flexibility index (Phi) is 3.85. The summed E-state index contributed by atoms with van der Waals surface area (Å²) in [6.07, 6.45) is 3.05. The average molecular weight is 285 g/mol. The van der Waals surface area contributed by atoms with Crippen LogP contribution in [0.15, 0.2) is 30.5 Å². The number of thiazole rings is 1. The lowest BCUT2D eigenvalue weighted by Gasteiger charge is -2.06. The summed E-state index contributed by atoms with van der Waals surface area (Å²) in [6.45, 7) is 6.07. The first-order valence-electron chi connectivity index (χ1n) is 6.92. The van der Waals surface area contributed by atoms with Crippen LogP contribution in [-0.2, 0) is 13.0 Å². The van der Waals surface area contributed by atoms with E-state index in [0.29, 0.717) is 0 Å². The number of H-pyrrole nitrogens is 1. The van der Waals surface area contributed by atoms with Crippen molar-refractivity contribution in [3.8, 4) is 0 Å². The van der Waals surface area contributed by atoms with Crippen molar-refractivity contribution in [2.45, 2.75) is 26.8 Å². The Hall–Kier alpha value is -1.65. The molecule has 0 atom stereocenters. The van der Waals surface area contributed by atoms with Crippen LogP contribution in [0, 0.1) is 13.8 Å². The van der Waals surface area contributed by atoms with Crippen LogP contribution in [0.5, 0.6) is 0 Å². The number of nitrogens with one attached hydrogen (secondary N) is 2. The Morgan fingerprint density at radius 1 is 1.25 bits per heavy atom. The van der Waals surface area contributed by atoms with Gasteiger partial charge in [0.15, 0.2) is 0 Å². The first kappa shape index (κ1) is 13.3. The molecular formula is C16H19N3S. The van der Waals surface area contributed by atoms with E-state index in [1.165, 1.54) is 27.0 Å². The largest absolute Gasteiger partial charge is 0.361 e. The normalized spacial score (nSPS) is 11.3. The third-order valence-corrected chi connectivity index (χ3v) is 4.66. The first-order valence-corrected chi connectivity index (χ1v) is 7.74. The predicted molar refractivity (Wildman–Crippen MR) is 85.3 cm³/mol. The summed E-state index contributed by atoms with van der Waals surface area (Å²) in [5, 5.41) is 6.01. The van der Waals surface area contributed by atoms with Crippen molar-refractivity contribution in [2.24, 2.45) is 0 Å². The zero-order valence-electron chi connectivity index (χ0n) is 11.9. The zero-order valence-corrected chi connectivity index (χ0v) is 12.7. The molecule has 2 heterocycles. The van der Waals surface area contributed by atoms with Crippen LogP contribution in [0.25, 0.3) is 10.9 Å². The van der Waals surface area contributed by atoms with Crippen molar-refractivity contribution < 1.29 is 0 Å². The zero-order chi connectivity index (χ0) is 13.9. The van der Waals surface area contributed by atoms with Gasteiger partial charge in [0, 0.05) is 35.1 Å². The smallest absolute Gasteiger partial charge is 0.0900 e. The highest BCUT2D eigenvalue weighted by Crippen LogP contribution is 2.18. The van der Waals surface area contributed by atoms with Gasteiger partial charge in [0.1, 0.15) is 0 Å². The number of hydrogen-bond donors (Lipinski definition) is 2. The fourth-order valence-electron chi connectivity index (χ4n) is 2.54. The minimum Gasteiger partial charge on any atom is -0.361 e. The molecule has 0 saturated heterocycles. The highest BCUT2D eigenvalue weighted by atomic mass is 32.1. The van der Waals surface area contributed by atoms with Crippen molar-refractivity contribution in [3.63, 3.8) is 0 Å². The maximum atomic E-state index is 4.47. The molecule has 4 heteroatoms. The van der Waals surface area contributed by atoms with Crippen molar-refractivity contribution >= 4 is 22.2 Å². The van der Waals surface area contributed by atoms with Crippen molar-refractivity contribution in [3.05, 3.63) is 51.6 Å². The molecule has 0 aliphatic carbocycles. The lowest BCUT2D eigenvalue weighted by atomic mass is 10.1. The lowest BCUT2D eigenvalue weighted by Crippen LogP contribution is -2.16. The molecule has 2 N–H and O–H groups in total. The lowest BCUT2D eigenvalue weighted by molar-refractivity contribution is 0.691. The molecule has 0 radical (unpaired) electrons. The molecule has 0 saturated carbocycles. The molecule has 0 spiro atoms. The summed E-state index contributed by atoms with van der Waals surface area (Å²) >= 11 is 1.81. The van der Waals surface area contributed by atoms with Crippen LogP contribution < -0.4 is 5.32 Å². The number of nitrogens with zero attached hydrogens (tertiary/aromatic N) is 1. The summed E-state index contributed by atoms with van der Waals surface area (Å²) in [5.74, 6) is 0. The number of aromatic amines is 1. The molecular weight excluding hydrogens is 266 g/mol. The van der Waals surface area contributed by atoms with Gasteiger partial charge in [-0.25, -0.2) is 4.98 Å². The molecule has 0 bridgehead atoms. The predicted octanol–water partition coefficient (Wildman–Crippen LogP) is 3.57. The number of rotatable bonds is 5. The Morgan fingerprint density at radius 3 is 2.95 bits per heavy atom. The molecule has 0 unspecified atom stereocenters. The van der Waals surface area contributed by atoms with Crippen molar-refractivity contribution in [1.82, 2.24) is 15.3 Å². The standard InChI is InChI=1S/C16H19N3S/c1-11-16(20-12(2)19-11)7-8-17-10-13-4-3-5-15-14(13)6-9-18-15/h3-6,9,17-18H,7-8,10H2,1-2H3. The maximum absolute atomic E-state index is 4.47. The van der Waals surface area contributed by atoms with E-state index in [4.69, 9.17) is 0 Å². The fraction of sp³-hybridized carbons (Fsp3) is 0.312. The van der Waals surface area contributed by atoms with Crippen molar-refractivity contribution in [1.29, 1.82) is 0 Å². The van der Waals surface area contributed by atoms with Crippen LogP contribution >= 0.6 is 11.3 Å². The summed E-state index contributed by atoms with van der Waals surface area (Å²) in [7, 11) is 0. The number of fused-ring (bicyclic) bond motifs is 1. The third-order valence-electron chi connectivity index (χ3n) is 3.53. The Bertz CT molecular complexity index is 711. The second-order valence-electron chi connectivity index (χ2n) is 5.02. The van der Waals surface area contributed by atoms with Crippen LogP contribution in [0.2, 0.25) is 0 Å². The maximum Gasteiger partial charge on any atom is 0.0900 e. The summed E-state index contributed by atoms with van der Waals surface area (Å²) in [5.41, 5.74) is 3.74. The van der Waals surface area contributed by atoms with E-state index in [0.717, 1.165) is 24.5 Å². The molecule has 0 fully saturated rings. The molecule has 3 aromatic rings. The fourth-order valence-corrected chi connectivity index (χ4v) is 3.47. The van der Waals surface area contributed by atoms with Gasteiger partial charge in [-0.1, -0.05) is 12.1 Å². The van der Waals surface area contributed by atoms with E-state index < -0.39 is 0 Å². The van der Waals surface area contributed by atoms with Crippen LogP contribution in [0.1, 0.15) is 21.1 Å². The molecule has 0 amide bonds. The Labute approximate surface area is 123 Å². The molecule has 0 aliphatic rings. The highest BCUT2D eigenvalue weighted by molar-refractivity contribution is 7.11. The summed E-state index contributed by atoms with van der Waals surface area (Å²) < 4.78 is 0. The summed E-state index contributed by atoms with van der Waals surface area (Å²) in [4.78, 5) is 9.12. The number of hydrogen-bond acceptors (Lipinski definition) is 3. The Morgan fingerprint density at radius 2 is 2.15 bits per heavy atom. The van der Waals surface area contributed by atoms with E-state index in [1.54, 1.807) is 0 Å². The second-order valence-corrected chi connectivity index (χ2v) is 6.31. The molecule has 20 heavy (non-hydrogen) atoms. The molecule has 104 valence electrons. The van der Waals surface area contributed by atoms with Gasteiger partial charge in [-0.2, -0.15) is 0 Å². The number of aromatic nitrogens is 2. The quantitative estimate of drug-likeness (QED) is 0.704. The summed E-state index contributed by atoms with van der Waals surface area (Å²) in [6, 6.07) is 8.54. The molecule has 3 rings (SSSR count). The van der Waals surface area contributed by atoms with Gasteiger partial charge in [0.05, 0.1) is 10.7 Å². The SMILES string of the molecule is Cc1nc(C)c(CCNCc2cccc3[nH]ccc23)s1. The Balaban J connectivity index is 1.58. The van der Waals surface area contributed by atoms with E-state index >= 15 is 0 Å². The molecule has 1 aromatic carbocycles. The average Bonchev–Trinajstić information content (AvgIpc) is 3.01. The van der Waals surface area contributed by atoms with Gasteiger partial charge >= 0.3 is 0 Å². The second kappa shape index (κ2) is 5.77. The first-order chi connectivity index (χ1) is 9.74. The number of benzene rings is 1. The van der Waals surface area contributed by atoms with Gasteiger partial charge in [-0.3, -0.25) is 0 Å². The van der Waals surface area contributed by atoms with Crippen molar-refractivity contribution in [2.75, 3.05) is 6.54 Å². The van der Waals surface area contributed by atoms with E-state index in [-0.39, 0.29) is 0 Å². The van der Waals surface area contributed by atoms with Crippen LogP contribution in [-0.4, -0.2) is 16.5 Å². The van der Waals surface area contributed by atoms with E-state index in [2.05, 4.69) is 53.4 Å². The topological polar surface area (TPSA) is 40.7 Å². The third kappa shape index (κ3) is 2.76. The molecule has 3 nitrogen and oxygen atoms in total. The van der Waals surface area contributed by atoms with Gasteiger partial charge in [-0.05, 0) is 38.0 Å². The van der Waals surface area contributed by atoms with Gasteiger partial charge in [-0.15, -0.1) is 11.3 Å². The minimum absolute atomic E-state index is 0.909. The van der Waals surface area contributed by atoms with Gasteiger partial charge < -0.3 is 10.3 Å². The molecule has 2 aromatic heterocycles.